The van der Waals surface area contributed by atoms with Crippen LogP contribution in [0.1, 0.15) is 23.2 Å². The number of rotatable bonds is 6. The van der Waals surface area contributed by atoms with Crippen LogP contribution in [-0.2, 0) is 10.0 Å². The van der Waals surface area contributed by atoms with Gasteiger partial charge >= 0.3 is 6.61 Å². The molecular weight excluding hydrogens is 404 g/mol. The Morgan fingerprint density at radius 2 is 1.79 bits per heavy atom. The topological polar surface area (TPSA) is 88.1 Å². The summed E-state index contributed by atoms with van der Waals surface area (Å²) in [6, 6.07) is 10.9. The number of alkyl halides is 2. The quantitative estimate of drug-likeness (QED) is 0.770. The number of nitrogens with zero attached hydrogens (tertiary/aromatic N) is 2. The van der Waals surface area contributed by atoms with Crippen molar-refractivity contribution in [2.24, 2.45) is 4.40 Å². The summed E-state index contributed by atoms with van der Waals surface area (Å²) in [7, 11) is -2.03. The summed E-state index contributed by atoms with van der Waals surface area (Å²) in [5.41, 5.74) is 0.617. The lowest BCUT2D eigenvalue weighted by Gasteiger charge is -2.11. The summed E-state index contributed by atoms with van der Waals surface area (Å²) < 4.78 is 57.3. The van der Waals surface area contributed by atoms with Gasteiger partial charge in [-0.2, -0.15) is 17.2 Å². The van der Waals surface area contributed by atoms with Gasteiger partial charge in [0.25, 0.3) is 15.9 Å². The van der Waals surface area contributed by atoms with E-state index in [4.69, 9.17) is 0 Å². The van der Waals surface area contributed by atoms with E-state index < -0.39 is 22.5 Å². The Hall–Kier alpha value is -3.01. The molecule has 2 aromatic carbocycles. The van der Waals surface area contributed by atoms with E-state index in [0.29, 0.717) is 17.9 Å². The molecule has 0 aromatic heterocycles. The summed E-state index contributed by atoms with van der Waals surface area (Å²) in [5, 5.41) is 2.61. The van der Waals surface area contributed by atoms with E-state index in [9.17, 15) is 22.0 Å². The van der Waals surface area contributed by atoms with Crippen LogP contribution in [0, 0.1) is 0 Å². The molecule has 154 valence electrons. The number of amidine groups is 1. The molecule has 0 atom stereocenters. The van der Waals surface area contributed by atoms with Crippen LogP contribution in [0.15, 0.2) is 57.8 Å². The number of ether oxygens (including phenoxy) is 1. The Morgan fingerprint density at radius 1 is 1.14 bits per heavy atom. The van der Waals surface area contributed by atoms with Gasteiger partial charge in [-0.05, 0) is 55.0 Å². The highest BCUT2D eigenvalue weighted by molar-refractivity contribution is 7.90. The van der Waals surface area contributed by atoms with Gasteiger partial charge in [-0.25, -0.2) is 0 Å². The second kappa shape index (κ2) is 8.56. The maximum atomic E-state index is 12.4. The molecule has 1 fully saturated rings. The molecule has 29 heavy (non-hydrogen) atoms. The Labute approximate surface area is 167 Å². The van der Waals surface area contributed by atoms with Crippen molar-refractivity contribution in [3.05, 3.63) is 54.1 Å². The van der Waals surface area contributed by atoms with E-state index in [-0.39, 0.29) is 16.2 Å². The van der Waals surface area contributed by atoms with E-state index in [2.05, 4.69) is 14.5 Å². The third-order valence-corrected chi connectivity index (χ3v) is 5.63. The highest BCUT2D eigenvalue weighted by Crippen LogP contribution is 2.20. The van der Waals surface area contributed by atoms with Crippen LogP contribution in [-0.4, -0.2) is 45.3 Å². The third kappa shape index (κ3) is 5.29. The van der Waals surface area contributed by atoms with Crippen molar-refractivity contribution >= 4 is 27.5 Å². The Bertz CT molecular complexity index is 1010. The minimum Gasteiger partial charge on any atom is -0.435 e. The van der Waals surface area contributed by atoms with Crippen molar-refractivity contribution in [1.82, 2.24) is 4.90 Å². The predicted molar refractivity (Wildman–Crippen MR) is 104 cm³/mol. The molecule has 1 aliphatic heterocycles. The van der Waals surface area contributed by atoms with Gasteiger partial charge in [0.1, 0.15) is 11.6 Å². The molecule has 0 saturated carbocycles. The predicted octanol–water partition coefficient (Wildman–Crippen LogP) is 3.35. The van der Waals surface area contributed by atoms with Crippen molar-refractivity contribution in [1.29, 1.82) is 0 Å². The van der Waals surface area contributed by atoms with Gasteiger partial charge < -0.3 is 15.0 Å². The van der Waals surface area contributed by atoms with Crippen LogP contribution in [0.4, 0.5) is 14.5 Å². The van der Waals surface area contributed by atoms with Crippen LogP contribution in [0.5, 0.6) is 5.75 Å². The van der Waals surface area contributed by atoms with E-state index in [0.717, 1.165) is 13.0 Å². The average molecular weight is 423 g/mol. The van der Waals surface area contributed by atoms with Crippen LogP contribution in [0.25, 0.3) is 0 Å². The monoisotopic (exact) mass is 423 g/mol. The van der Waals surface area contributed by atoms with Crippen LogP contribution in [0.2, 0.25) is 0 Å². The molecule has 0 spiro atoms. The molecule has 1 aliphatic rings. The van der Waals surface area contributed by atoms with Crippen molar-refractivity contribution in [3.63, 3.8) is 0 Å². The lowest BCUT2D eigenvalue weighted by atomic mass is 10.2. The Kier molecular flexibility index (Phi) is 6.12. The number of amides is 1. The van der Waals surface area contributed by atoms with E-state index in [1.54, 1.807) is 7.05 Å². The fraction of sp³-hybridized carbons (Fsp3) is 0.263. The molecule has 10 heteroatoms. The van der Waals surface area contributed by atoms with E-state index in [1.807, 2.05) is 4.90 Å². The number of benzene rings is 2. The lowest BCUT2D eigenvalue weighted by molar-refractivity contribution is -0.0498. The molecule has 2 aromatic rings. The average Bonchev–Trinajstić information content (AvgIpc) is 3.06. The highest BCUT2D eigenvalue weighted by atomic mass is 32.2. The summed E-state index contributed by atoms with van der Waals surface area (Å²) in [6.45, 7) is -2.17. The number of likely N-dealkylation sites (tertiary alicyclic amines) is 1. The van der Waals surface area contributed by atoms with Crippen molar-refractivity contribution in [2.45, 2.75) is 24.3 Å². The molecule has 1 amide bonds. The first-order valence-electron chi connectivity index (χ1n) is 8.76. The zero-order chi connectivity index (χ0) is 21.0. The molecule has 0 unspecified atom stereocenters. The smallest absolute Gasteiger partial charge is 0.387 e. The van der Waals surface area contributed by atoms with E-state index >= 15 is 0 Å². The number of hydrogen-bond donors (Lipinski definition) is 1. The lowest BCUT2D eigenvalue weighted by Crippen LogP contribution is -2.20. The van der Waals surface area contributed by atoms with E-state index in [1.165, 1.54) is 48.5 Å². The molecule has 1 N–H and O–H groups in total. The summed E-state index contributed by atoms with van der Waals surface area (Å²) in [6.07, 6.45) is 1.48. The van der Waals surface area contributed by atoms with Crippen LogP contribution < -0.4 is 10.1 Å². The molecule has 0 bridgehead atoms. The molecule has 0 radical (unpaired) electrons. The molecule has 1 heterocycles. The number of anilines is 1. The number of carbonyl (C=O) groups excluding carboxylic acids is 1. The molecule has 0 aliphatic carbocycles. The standard InChI is InChI=1S/C19H19F2N3O4S/c1-24-12-2-3-17(24)23-29(26,27)16-10-6-14(7-11-16)22-18(25)13-4-8-15(9-5-13)28-19(20)21/h4-11,19H,2-3,12H2,1H3,(H,22,25)/b23-17+. The number of halogens is 2. The van der Waals surface area contributed by atoms with Crippen molar-refractivity contribution < 1.29 is 26.7 Å². The molecule has 1 saturated heterocycles. The fourth-order valence-electron chi connectivity index (χ4n) is 2.80. The number of carbonyl (C=O) groups is 1. The minimum absolute atomic E-state index is 0.0248. The normalized spacial score (nSPS) is 15.7. The maximum Gasteiger partial charge on any atom is 0.387 e. The molecule has 7 nitrogen and oxygen atoms in total. The second-order valence-corrected chi connectivity index (χ2v) is 7.99. The van der Waals surface area contributed by atoms with Gasteiger partial charge in [-0.3, -0.25) is 4.79 Å². The van der Waals surface area contributed by atoms with Gasteiger partial charge in [-0.1, -0.05) is 0 Å². The van der Waals surface area contributed by atoms with Gasteiger partial charge in [0, 0.05) is 31.3 Å². The third-order valence-electron chi connectivity index (χ3n) is 4.31. The zero-order valence-corrected chi connectivity index (χ0v) is 16.3. The van der Waals surface area contributed by atoms with Crippen LogP contribution >= 0.6 is 0 Å². The van der Waals surface area contributed by atoms with Gasteiger partial charge in [0.15, 0.2) is 0 Å². The zero-order valence-electron chi connectivity index (χ0n) is 15.5. The maximum absolute atomic E-state index is 12.4. The number of sulfonamides is 1. The van der Waals surface area contributed by atoms with Gasteiger partial charge in [-0.15, -0.1) is 4.40 Å². The fourth-order valence-corrected chi connectivity index (χ4v) is 3.90. The Morgan fingerprint density at radius 3 is 2.34 bits per heavy atom. The number of nitrogens with one attached hydrogen (secondary N) is 1. The first-order chi connectivity index (χ1) is 13.7. The van der Waals surface area contributed by atoms with Gasteiger partial charge in [0.2, 0.25) is 0 Å². The summed E-state index contributed by atoms with van der Waals surface area (Å²) >= 11 is 0. The highest BCUT2D eigenvalue weighted by Gasteiger charge is 2.20. The largest absolute Gasteiger partial charge is 0.435 e. The van der Waals surface area contributed by atoms with Crippen LogP contribution in [0.3, 0.4) is 0 Å². The number of hydrogen-bond acceptors (Lipinski definition) is 4. The second-order valence-electron chi connectivity index (χ2n) is 6.39. The molecular formula is C19H19F2N3O4S. The summed E-state index contributed by atoms with van der Waals surface area (Å²) in [4.78, 5) is 14.1. The van der Waals surface area contributed by atoms with Crippen molar-refractivity contribution in [2.75, 3.05) is 18.9 Å². The van der Waals surface area contributed by atoms with Crippen molar-refractivity contribution in [3.8, 4) is 5.75 Å². The molecule has 3 rings (SSSR count). The first-order valence-corrected chi connectivity index (χ1v) is 10.2. The Balaban J connectivity index is 1.68. The first kappa shape index (κ1) is 20.7. The SMILES string of the molecule is CN1CCC/C1=N\S(=O)(=O)c1ccc(NC(=O)c2ccc(OC(F)F)cc2)cc1. The summed E-state index contributed by atoms with van der Waals surface area (Å²) in [5.74, 6) is -0.000637. The van der Waals surface area contributed by atoms with Gasteiger partial charge in [0.05, 0.1) is 4.90 Å². The minimum atomic E-state index is -3.83.